The van der Waals surface area contributed by atoms with Gasteiger partial charge in [0.1, 0.15) is 0 Å². The van der Waals surface area contributed by atoms with Crippen LogP contribution < -0.4 is 26.2 Å². The van der Waals surface area contributed by atoms with Gasteiger partial charge in [0.05, 0.1) is 11.4 Å². The predicted octanol–water partition coefficient (Wildman–Crippen LogP) is 20.2. The molecule has 0 saturated heterocycles. The molecule has 0 saturated carbocycles. The summed E-state index contributed by atoms with van der Waals surface area (Å²) in [6, 6.07) is 73.1. The molecule has 9 aromatic carbocycles. The van der Waals surface area contributed by atoms with E-state index in [1.807, 2.05) is 0 Å². The van der Waals surface area contributed by atoms with Crippen molar-refractivity contribution in [3.63, 3.8) is 0 Å². The van der Waals surface area contributed by atoms with Gasteiger partial charge in [-0.15, -0.1) is 0 Å². The second kappa shape index (κ2) is 19.7. The van der Waals surface area contributed by atoms with Crippen LogP contribution in [0.4, 0.5) is 34.1 Å². The van der Waals surface area contributed by atoms with Crippen molar-refractivity contribution in [2.45, 2.75) is 157 Å². The van der Waals surface area contributed by atoms with E-state index in [1.54, 1.807) is 0 Å². The zero-order chi connectivity index (χ0) is 57.9. The van der Waals surface area contributed by atoms with Crippen LogP contribution in [-0.2, 0) is 32.5 Å². The van der Waals surface area contributed by atoms with Gasteiger partial charge in [0.25, 0.3) is 6.71 Å². The topological polar surface area (TPSA) is 6.48 Å². The highest BCUT2D eigenvalue weighted by Crippen LogP contribution is 2.51. The number of hydrogen-bond acceptors (Lipinski definition) is 2. The van der Waals surface area contributed by atoms with Crippen LogP contribution in [0.1, 0.15) is 158 Å². The smallest absolute Gasteiger partial charge is 0.252 e. The molecule has 0 amide bonds. The minimum absolute atomic E-state index is 0.0477. The summed E-state index contributed by atoms with van der Waals surface area (Å²) in [5.41, 5.74) is 28.7. The van der Waals surface area contributed by atoms with Crippen molar-refractivity contribution in [3.05, 3.63) is 221 Å². The van der Waals surface area contributed by atoms with Crippen LogP contribution in [0.5, 0.6) is 0 Å². The van der Waals surface area contributed by atoms with Crippen molar-refractivity contribution in [1.82, 2.24) is 0 Å². The Bertz CT molecular complexity index is 3590. The van der Waals surface area contributed by atoms with Gasteiger partial charge in [-0.25, -0.2) is 0 Å². The lowest BCUT2D eigenvalue weighted by atomic mass is 9.33. The summed E-state index contributed by atoms with van der Waals surface area (Å²) < 4.78 is 0. The van der Waals surface area contributed by atoms with Crippen LogP contribution >= 0.6 is 0 Å². The summed E-state index contributed by atoms with van der Waals surface area (Å²) in [6.45, 7) is 42.1. The molecule has 0 atom stereocenters. The summed E-state index contributed by atoms with van der Waals surface area (Å²) in [4.78, 5) is 5.27. The minimum atomic E-state index is -0.0692. The number of nitrogens with zero attached hydrogens (tertiary/aromatic N) is 2. The summed E-state index contributed by atoms with van der Waals surface area (Å²) in [7, 11) is 0. The maximum absolute atomic E-state index is 2.63. The molecule has 3 heteroatoms. The Labute approximate surface area is 487 Å². The van der Waals surface area contributed by atoms with E-state index in [-0.39, 0.29) is 39.2 Å². The van der Waals surface area contributed by atoms with Gasteiger partial charge in [-0.3, -0.25) is 0 Å². The molecular weight excluding hydrogens is 976 g/mol. The summed E-state index contributed by atoms with van der Waals surface area (Å²) in [6.07, 6.45) is 0. The molecule has 81 heavy (non-hydrogen) atoms. The first-order chi connectivity index (χ1) is 38.0. The fourth-order valence-corrected chi connectivity index (χ4v) is 12.7. The number of para-hydroxylation sites is 2. The summed E-state index contributed by atoms with van der Waals surface area (Å²) >= 11 is 0. The molecule has 2 aliphatic rings. The van der Waals surface area contributed by atoms with E-state index in [0.29, 0.717) is 0 Å². The van der Waals surface area contributed by atoms with E-state index >= 15 is 0 Å². The van der Waals surface area contributed by atoms with E-state index in [0.717, 1.165) is 0 Å². The van der Waals surface area contributed by atoms with E-state index in [1.165, 1.54) is 128 Å². The lowest BCUT2D eigenvalue weighted by molar-refractivity contribution is 0.568. The molecule has 0 unspecified atom stereocenters. The van der Waals surface area contributed by atoms with Gasteiger partial charge in [0, 0.05) is 33.9 Å². The van der Waals surface area contributed by atoms with Crippen LogP contribution in [0, 0.1) is 0 Å². The van der Waals surface area contributed by atoms with Crippen LogP contribution in [0.15, 0.2) is 188 Å². The van der Waals surface area contributed by atoms with Crippen molar-refractivity contribution in [2.24, 2.45) is 0 Å². The lowest BCUT2D eigenvalue weighted by Gasteiger charge is -2.45. The SMILES string of the molecule is CC(C)(C)c1cc(-c2ccccc2N2c3cc(-c4ccccc4C(C)(C)C)ccc3B3c4ccc(-c5ccccc5C(C)(C)C)cc4N(c4ccccc4-c4cc(C(C)(C)C)cc(C(C)(C)C)c4)c4cccc2c43)cc(C(C)(C)C)c1. The highest BCUT2D eigenvalue weighted by molar-refractivity contribution is 7.00. The van der Waals surface area contributed by atoms with Crippen molar-refractivity contribution in [2.75, 3.05) is 9.80 Å². The highest BCUT2D eigenvalue weighted by Gasteiger charge is 2.44. The summed E-state index contributed by atoms with van der Waals surface area (Å²) in [5, 5.41) is 0. The lowest BCUT2D eigenvalue weighted by Crippen LogP contribution is -2.61. The van der Waals surface area contributed by atoms with Crippen molar-refractivity contribution in [3.8, 4) is 44.5 Å². The van der Waals surface area contributed by atoms with Gasteiger partial charge in [0.2, 0.25) is 0 Å². The molecule has 9 aromatic rings. The zero-order valence-electron chi connectivity index (χ0n) is 51.9. The first-order valence-corrected chi connectivity index (χ1v) is 29.7. The standard InChI is InChI=1S/C78H85BN2/c1-73(2,3)54-42-52(43-55(48-54)74(4,5)6)60-30-21-25-34-66(60)80-68-36-27-37-69-72(68)79(64-40-38-50(46-70(64)80)58-28-19-23-32-62(58)77(13,14)15)65-41-39-51(59-29-20-24-33-63(59)78(16,17)18)47-71(65)81(69)67-35-26-22-31-61(67)53-44-56(75(7,8)9)49-57(45-53)76(10,11)12/h19-49H,1-18H3. The van der Waals surface area contributed by atoms with Crippen LogP contribution in [-0.4, -0.2) is 6.71 Å². The Morgan fingerprint density at radius 2 is 0.556 bits per heavy atom. The Kier molecular flexibility index (Phi) is 13.5. The monoisotopic (exact) mass is 1060 g/mol. The average molecular weight is 1060 g/mol. The molecule has 2 aliphatic heterocycles. The third-order valence-electron chi connectivity index (χ3n) is 17.3. The van der Waals surface area contributed by atoms with Crippen molar-refractivity contribution in [1.29, 1.82) is 0 Å². The van der Waals surface area contributed by atoms with Gasteiger partial charge < -0.3 is 9.80 Å². The second-order valence-electron chi connectivity index (χ2n) is 29.6. The summed E-state index contributed by atoms with van der Waals surface area (Å²) in [5.74, 6) is 0. The molecular formula is C78H85BN2. The fourth-order valence-electron chi connectivity index (χ4n) is 12.7. The Morgan fingerprint density at radius 1 is 0.247 bits per heavy atom. The zero-order valence-corrected chi connectivity index (χ0v) is 51.9. The number of hydrogen-bond donors (Lipinski definition) is 0. The Hall–Kier alpha value is -7.36. The Balaban J connectivity index is 1.25. The van der Waals surface area contributed by atoms with Crippen molar-refractivity contribution >= 4 is 57.2 Å². The molecule has 11 rings (SSSR count). The highest BCUT2D eigenvalue weighted by atomic mass is 15.2. The van der Waals surface area contributed by atoms with Crippen LogP contribution in [0.25, 0.3) is 44.5 Å². The first-order valence-electron chi connectivity index (χ1n) is 29.7. The largest absolute Gasteiger partial charge is 0.311 e. The molecule has 0 radical (unpaired) electrons. The third-order valence-corrected chi connectivity index (χ3v) is 17.3. The van der Waals surface area contributed by atoms with Crippen LogP contribution in [0.3, 0.4) is 0 Å². The number of anilines is 6. The first kappa shape index (κ1) is 55.5. The Morgan fingerprint density at radius 3 is 0.889 bits per heavy atom. The maximum atomic E-state index is 2.63. The van der Waals surface area contributed by atoms with Gasteiger partial charge >= 0.3 is 0 Å². The van der Waals surface area contributed by atoms with Gasteiger partial charge in [0.15, 0.2) is 0 Å². The molecule has 0 spiro atoms. The molecule has 0 bridgehead atoms. The van der Waals surface area contributed by atoms with Gasteiger partial charge in [-0.1, -0.05) is 276 Å². The molecule has 0 fully saturated rings. The second-order valence-corrected chi connectivity index (χ2v) is 29.6. The molecule has 0 aromatic heterocycles. The average Bonchev–Trinajstić information content (AvgIpc) is 3.60. The van der Waals surface area contributed by atoms with Gasteiger partial charge in [-0.2, -0.15) is 0 Å². The fraction of sp³-hybridized carbons (Fsp3) is 0.308. The maximum Gasteiger partial charge on any atom is 0.252 e. The third kappa shape index (κ3) is 10.2. The number of fused-ring (bicyclic) bond motifs is 4. The molecule has 2 heterocycles. The minimum Gasteiger partial charge on any atom is -0.311 e. The van der Waals surface area contributed by atoms with E-state index in [2.05, 4.69) is 322 Å². The van der Waals surface area contributed by atoms with E-state index in [4.69, 9.17) is 0 Å². The molecule has 0 aliphatic carbocycles. The van der Waals surface area contributed by atoms with Gasteiger partial charge in [-0.05, 0) is 152 Å². The van der Waals surface area contributed by atoms with E-state index < -0.39 is 0 Å². The predicted molar refractivity (Wildman–Crippen MR) is 354 cm³/mol. The number of benzene rings is 9. The number of rotatable bonds is 6. The molecule has 2 nitrogen and oxygen atoms in total. The van der Waals surface area contributed by atoms with E-state index in [9.17, 15) is 0 Å². The quantitative estimate of drug-likeness (QED) is 0.153. The molecule has 0 N–H and O–H groups in total. The van der Waals surface area contributed by atoms with Crippen molar-refractivity contribution < 1.29 is 0 Å². The molecule has 410 valence electrons. The van der Waals surface area contributed by atoms with Crippen LogP contribution in [0.2, 0.25) is 0 Å². The normalized spacial score (nSPS) is 13.7.